The largest absolute Gasteiger partial charge is 0.481 e. The quantitative estimate of drug-likeness (QED) is 0.0166. The van der Waals surface area contributed by atoms with Gasteiger partial charge in [0.15, 0.2) is 11.9 Å². The second-order valence-electron chi connectivity index (χ2n) is 27.1. The second kappa shape index (κ2) is 47.4. The first-order chi connectivity index (χ1) is 48.5. The van der Waals surface area contributed by atoms with Crippen LogP contribution < -0.4 is 104 Å². The van der Waals surface area contributed by atoms with Crippen LogP contribution in [0.1, 0.15) is 164 Å². The molecule has 578 valence electrons. The van der Waals surface area contributed by atoms with Gasteiger partial charge in [0.1, 0.15) is 60.4 Å². The lowest BCUT2D eigenvalue weighted by molar-refractivity contribution is -0.141. The van der Waals surface area contributed by atoms with Crippen LogP contribution >= 0.6 is 0 Å². The first-order valence-corrected chi connectivity index (χ1v) is 35.2. The number of carbonyl (C=O) groups excluding carboxylic acids is 13. The second-order valence-corrected chi connectivity index (χ2v) is 27.1. The average Bonchev–Trinajstić information content (AvgIpc) is 1.19. The molecule has 0 saturated carbocycles. The van der Waals surface area contributed by atoms with Crippen LogP contribution in [-0.2, 0) is 73.5 Å². The molecule has 1 aromatic carbocycles. The van der Waals surface area contributed by atoms with Crippen LogP contribution in [0.5, 0.6) is 0 Å². The van der Waals surface area contributed by atoms with E-state index >= 15 is 0 Å². The van der Waals surface area contributed by atoms with Gasteiger partial charge in [-0.15, -0.1) is 0 Å². The van der Waals surface area contributed by atoms with Crippen molar-refractivity contribution < 1.29 is 72.2 Å². The molecule has 13 amide bonds. The Morgan fingerprint density at radius 1 is 0.505 bits per heavy atom. The fourth-order valence-electron chi connectivity index (χ4n) is 11.0. The zero-order valence-corrected chi connectivity index (χ0v) is 60.7. The molecule has 27 N–H and O–H groups in total. The SMILES string of the molecule is CC[C@H](C)[C@H](NC(=O)[C@H](CC(C)C)NC(=O)[C@@H]1CCCN1)C(=O)N[C@@H](CCCCN)C(=O)N[C@@H](CC(C)C)C(=O)N[C@@H](CCCN=C(N)N)C(=O)N[C@@H](CC(C)C)C(=O)N[C@@H](CC(=O)O)C(=O)N[C@@H](CCCN=C(N)N)C(=O)NCC(=O)N[C@@H](CCC(N)=O)C(=O)N[C@@H](Cc1ccccc1)C(N)=O. The number of rotatable bonds is 50. The molecule has 1 fully saturated rings. The van der Waals surface area contributed by atoms with Crippen molar-refractivity contribution in [3.63, 3.8) is 0 Å². The molecule has 2 rings (SSSR count). The van der Waals surface area contributed by atoms with Gasteiger partial charge in [0.25, 0.3) is 0 Å². The van der Waals surface area contributed by atoms with Crippen molar-refractivity contribution >= 4 is 94.7 Å². The summed E-state index contributed by atoms with van der Waals surface area (Å²) in [6, 6.07) is -5.97. The molecule has 1 aliphatic heterocycles. The van der Waals surface area contributed by atoms with Crippen LogP contribution in [0.4, 0.5) is 0 Å². The molecule has 0 aliphatic carbocycles. The average molecular weight is 1450 g/mol. The number of nitrogens with one attached hydrogen (secondary N) is 12. The Hall–Kier alpha value is -9.74. The number of carboxylic acid groups (broad SMARTS) is 1. The van der Waals surface area contributed by atoms with Gasteiger partial charge in [-0.25, -0.2) is 0 Å². The molecule has 0 bridgehead atoms. The normalized spacial score (nSPS) is 15.8. The zero-order chi connectivity index (χ0) is 77.5. The van der Waals surface area contributed by atoms with Crippen molar-refractivity contribution in [3.05, 3.63) is 35.9 Å². The van der Waals surface area contributed by atoms with Crippen LogP contribution in [-0.4, -0.2) is 199 Å². The molecule has 0 unspecified atom stereocenters. The van der Waals surface area contributed by atoms with Crippen LogP contribution in [0, 0.1) is 23.7 Å². The van der Waals surface area contributed by atoms with Crippen LogP contribution in [0.25, 0.3) is 0 Å². The van der Waals surface area contributed by atoms with Gasteiger partial charge in [-0.1, -0.05) is 92.1 Å². The third-order valence-corrected chi connectivity index (χ3v) is 16.6. The molecule has 12 atom stereocenters. The van der Waals surface area contributed by atoms with Crippen molar-refractivity contribution in [3.8, 4) is 0 Å². The number of nitrogens with two attached hydrogens (primary N) is 7. The summed E-state index contributed by atoms with van der Waals surface area (Å²) >= 11 is 0. The number of amides is 13. The molecular formula is C67H115N21O15. The molecule has 1 aromatic rings. The minimum absolute atomic E-state index is 0.00527. The first-order valence-electron chi connectivity index (χ1n) is 35.2. The molecule has 36 nitrogen and oxygen atoms in total. The van der Waals surface area contributed by atoms with E-state index in [9.17, 15) is 72.2 Å². The van der Waals surface area contributed by atoms with Gasteiger partial charge in [-0.3, -0.25) is 77.1 Å². The van der Waals surface area contributed by atoms with Gasteiger partial charge in [0.2, 0.25) is 76.8 Å². The molecule has 0 radical (unpaired) electrons. The minimum atomic E-state index is -1.94. The highest BCUT2D eigenvalue weighted by Crippen LogP contribution is 2.17. The molecule has 36 heteroatoms. The fourth-order valence-corrected chi connectivity index (χ4v) is 11.0. The number of guanidine groups is 2. The van der Waals surface area contributed by atoms with E-state index < -0.39 is 169 Å². The van der Waals surface area contributed by atoms with Crippen LogP contribution in [0.15, 0.2) is 40.3 Å². The van der Waals surface area contributed by atoms with Crippen molar-refractivity contribution in [1.82, 2.24) is 63.8 Å². The van der Waals surface area contributed by atoms with E-state index in [2.05, 4.69) is 73.8 Å². The smallest absolute Gasteiger partial charge is 0.305 e. The summed E-state index contributed by atoms with van der Waals surface area (Å²) in [4.78, 5) is 199. The molecule has 103 heavy (non-hydrogen) atoms. The van der Waals surface area contributed by atoms with Gasteiger partial charge >= 0.3 is 5.97 Å². The highest BCUT2D eigenvalue weighted by atomic mass is 16.4. The molecular weight excluding hydrogens is 1340 g/mol. The van der Waals surface area contributed by atoms with Gasteiger partial charge in [0.05, 0.1) is 19.0 Å². The number of benzene rings is 1. The highest BCUT2D eigenvalue weighted by molar-refractivity contribution is 6.00. The maximum Gasteiger partial charge on any atom is 0.305 e. The number of nitrogens with zero attached hydrogens (tertiary/aromatic N) is 2. The summed E-state index contributed by atoms with van der Waals surface area (Å²) in [6.07, 6.45) is 0.676. The number of hydrogen-bond acceptors (Lipinski definition) is 18. The summed E-state index contributed by atoms with van der Waals surface area (Å²) in [7, 11) is 0. The van der Waals surface area contributed by atoms with Crippen molar-refractivity contribution in [2.45, 2.75) is 231 Å². The van der Waals surface area contributed by atoms with E-state index in [-0.39, 0.29) is 119 Å². The van der Waals surface area contributed by atoms with Crippen molar-refractivity contribution in [2.24, 2.45) is 73.8 Å². The van der Waals surface area contributed by atoms with Crippen LogP contribution in [0.3, 0.4) is 0 Å². The van der Waals surface area contributed by atoms with E-state index in [1.165, 1.54) is 0 Å². The summed E-state index contributed by atoms with van der Waals surface area (Å²) < 4.78 is 0. The maximum absolute atomic E-state index is 14.6. The number of hydrogen-bond donors (Lipinski definition) is 20. The summed E-state index contributed by atoms with van der Waals surface area (Å²) in [6.45, 7) is 14.3. The first kappa shape index (κ1) is 89.3. The number of carboxylic acids is 1. The van der Waals surface area contributed by atoms with Crippen LogP contribution in [0.2, 0.25) is 0 Å². The maximum atomic E-state index is 14.6. The summed E-state index contributed by atoms with van der Waals surface area (Å²) in [5.41, 5.74) is 39.6. The lowest BCUT2D eigenvalue weighted by atomic mass is 9.95. The van der Waals surface area contributed by atoms with Crippen molar-refractivity contribution in [2.75, 3.05) is 32.7 Å². The van der Waals surface area contributed by atoms with Gasteiger partial charge in [-0.2, -0.15) is 0 Å². The zero-order valence-electron chi connectivity index (χ0n) is 60.7. The Bertz CT molecular complexity index is 3030. The Labute approximate surface area is 602 Å². The Balaban J connectivity index is 2.49. The monoisotopic (exact) mass is 1450 g/mol. The highest BCUT2D eigenvalue weighted by Gasteiger charge is 2.38. The summed E-state index contributed by atoms with van der Waals surface area (Å²) in [5, 5.41) is 41.7. The molecule has 0 spiro atoms. The Morgan fingerprint density at radius 2 is 0.932 bits per heavy atom. The molecule has 1 aliphatic rings. The predicted octanol–water partition coefficient (Wildman–Crippen LogP) is -4.41. The number of unbranched alkanes of at least 4 members (excludes halogenated alkanes) is 1. The standard InChI is InChI=1S/C67H115N21O15/c1-9-39(8)54(88-64(102)49(32-38(6)7)84-57(95)41-21-15-27-75-41)65(103)82-43(20-13-14-26-68)58(96)85-47(30-36(2)3)61(99)81-44(23-17-29-77-67(73)74)59(97)86-48(31-37(4)5)62(100)87-50(34-53(91)92)63(101)80-42(22-16-28-76-66(71)72)56(94)78-35-52(90)79-45(24-25-51(69)89)60(98)83-46(55(70)93)33-40-18-11-10-12-19-40/h10-12,18-19,36-39,41-50,54,75H,9,13-17,20-35,68H2,1-8H3,(H2,69,89)(H2,70,93)(H,78,94)(H,79,90)(H,80,101)(H,81,99)(H,82,103)(H,83,98)(H,84,95)(H,85,96)(H,86,97)(H,87,100)(H,88,102)(H,91,92)(H4,71,72,76)(H4,73,74,77)/t39-,41-,42-,43-,44-,45-,46-,47-,48-,49-,50-,54-/m0/s1. The third kappa shape index (κ3) is 36.1. The predicted molar refractivity (Wildman–Crippen MR) is 384 cm³/mol. The molecule has 1 heterocycles. The Kier molecular flexibility index (Phi) is 41.2. The van der Waals surface area contributed by atoms with Gasteiger partial charge < -0.3 is 109 Å². The number of primary amides is 2. The molecule has 1 saturated heterocycles. The summed E-state index contributed by atoms with van der Waals surface area (Å²) in [5.74, 6) is -14.4. The minimum Gasteiger partial charge on any atom is -0.481 e. The fraction of sp³-hybridized carbons (Fsp3) is 0.672. The lowest BCUT2D eigenvalue weighted by Crippen LogP contribution is -2.61. The molecule has 0 aromatic heterocycles. The van der Waals surface area contributed by atoms with Gasteiger partial charge in [0, 0.05) is 25.9 Å². The third-order valence-electron chi connectivity index (χ3n) is 16.6. The van der Waals surface area contributed by atoms with E-state index in [0.29, 0.717) is 37.8 Å². The van der Waals surface area contributed by atoms with E-state index in [0.717, 1.165) is 6.42 Å². The van der Waals surface area contributed by atoms with E-state index in [4.69, 9.17) is 40.1 Å². The number of carbonyl (C=O) groups is 14. The number of aliphatic carboxylic acids is 1. The van der Waals surface area contributed by atoms with Crippen molar-refractivity contribution in [1.29, 1.82) is 0 Å². The Morgan fingerprint density at radius 3 is 1.38 bits per heavy atom. The van der Waals surface area contributed by atoms with Gasteiger partial charge in [-0.05, 0) is 126 Å². The van der Waals surface area contributed by atoms with E-state index in [1.54, 1.807) is 65.0 Å². The number of aliphatic imine (C=N–C) groups is 2. The topological polar surface area (TPSA) is 610 Å². The van der Waals surface area contributed by atoms with E-state index in [1.807, 2.05) is 20.8 Å². The lowest BCUT2D eigenvalue weighted by Gasteiger charge is -2.30.